The quantitative estimate of drug-likeness (QED) is 0.897. The van der Waals surface area contributed by atoms with Gasteiger partial charge in [0.2, 0.25) is 5.91 Å². The third-order valence-electron chi connectivity index (χ3n) is 4.60. The Morgan fingerprint density at radius 2 is 2.00 bits per heavy atom. The van der Waals surface area contributed by atoms with Crippen LogP contribution in [0, 0.1) is 5.92 Å². The Kier molecular flexibility index (Phi) is 5.15. The fraction of sp³-hybridized carbons (Fsp3) is 0.588. The summed E-state index contributed by atoms with van der Waals surface area (Å²) < 4.78 is 0. The van der Waals surface area contributed by atoms with E-state index in [4.69, 9.17) is 17.3 Å². The molecule has 3 unspecified atom stereocenters. The molecule has 0 aliphatic carbocycles. The van der Waals surface area contributed by atoms with Gasteiger partial charge in [-0.15, -0.1) is 0 Å². The van der Waals surface area contributed by atoms with Crippen LogP contribution in [0.15, 0.2) is 24.3 Å². The molecule has 22 heavy (non-hydrogen) atoms. The van der Waals surface area contributed by atoms with Crippen LogP contribution in [0.25, 0.3) is 0 Å². The average Bonchev–Trinajstić information content (AvgIpc) is 2.46. The molecule has 1 saturated heterocycles. The van der Waals surface area contributed by atoms with Crippen molar-refractivity contribution in [1.29, 1.82) is 0 Å². The number of carbonyl (C=O) groups is 1. The number of benzene rings is 1. The first-order valence-corrected chi connectivity index (χ1v) is 8.17. The Balaban J connectivity index is 2.12. The van der Waals surface area contributed by atoms with E-state index in [0.717, 1.165) is 5.56 Å². The van der Waals surface area contributed by atoms with Crippen LogP contribution in [0.4, 0.5) is 0 Å². The summed E-state index contributed by atoms with van der Waals surface area (Å²) in [4.78, 5) is 14.2. The fourth-order valence-corrected chi connectivity index (χ4v) is 3.18. The van der Waals surface area contributed by atoms with Crippen LogP contribution in [-0.4, -0.2) is 34.5 Å². The number of hydrogen-bond donors (Lipinski definition) is 2. The van der Waals surface area contributed by atoms with Gasteiger partial charge in [-0.05, 0) is 37.0 Å². The maximum atomic E-state index is 12.4. The molecule has 122 valence electrons. The third kappa shape index (κ3) is 3.45. The third-order valence-corrected chi connectivity index (χ3v) is 4.85. The second-order valence-corrected chi connectivity index (χ2v) is 7.08. The van der Waals surface area contributed by atoms with Crippen molar-refractivity contribution in [3.05, 3.63) is 34.9 Å². The highest BCUT2D eigenvalue weighted by Gasteiger charge is 2.40. The standard InChI is InChI=1S/C17H25ClN2O2/c1-11(2)15(19)16(21)20-9-8-17(22,10-12(20)3)13-4-6-14(18)7-5-13/h4-7,11-12,15,22H,8-10,19H2,1-3H3. The van der Waals surface area contributed by atoms with Gasteiger partial charge < -0.3 is 15.7 Å². The molecule has 1 amide bonds. The van der Waals surface area contributed by atoms with Gasteiger partial charge in [-0.25, -0.2) is 0 Å². The van der Waals surface area contributed by atoms with Crippen molar-refractivity contribution in [1.82, 2.24) is 4.90 Å². The number of halogens is 1. The van der Waals surface area contributed by atoms with E-state index < -0.39 is 11.6 Å². The smallest absolute Gasteiger partial charge is 0.239 e. The lowest BCUT2D eigenvalue weighted by Crippen LogP contribution is -2.55. The minimum absolute atomic E-state index is 0.0272. The van der Waals surface area contributed by atoms with Gasteiger partial charge in [-0.2, -0.15) is 0 Å². The first-order chi connectivity index (χ1) is 10.2. The van der Waals surface area contributed by atoms with Crippen LogP contribution in [0.5, 0.6) is 0 Å². The zero-order valence-electron chi connectivity index (χ0n) is 13.4. The molecule has 3 atom stereocenters. The number of hydrogen-bond acceptors (Lipinski definition) is 3. The molecule has 4 nitrogen and oxygen atoms in total. The maximum Gasteiger partial charge on any atom is 0.239 e. The highest BCUT2D eigenvalue weighted by molar-refractivity contribution is 6.30. The van der Waals surface area contributed by atoms with Gasteiger partial charge in [0, 0.05) is 24.0 Å². The summed E-state index contributed by atoms with van der Waals surface area (Å²) in [6.45, 7) is 6.37. The van der Waals surface area contributed by atoms with E-state index in [-0.39, 0.29) is 17.9 Å². The van der Waals surface area contributed by atoms with Gasteiger partial charge in [0.15, 0.2) is 0 Å². The molecule has 3 N–H and O–H groups in total. The van der Waals surface area contributed by atoms with Crippen molar-refractivity contribution in [2.75, 3.05) is 6.54 Å². The Labute approximate surface area is 137 Å². The Morgan fingerprint density at radius 3 is 2.50 bits per heavy atom. The van der Waals surface area contributed by atoms with Crippen LogP contribution in [-0.2, 0) is 10.4 Å². The van der Waals surface area contributed by atoms with Crippen LogP contribution in [0.2, 0.25) is 5.02 Å². The predicted octanol–water partition coefficient (Wildman–Crippen LogP) is 2.52. The Bertz CT molecular complexity index is 532. The van der Waals surface area contributed by atoms with E-state index in [9.17, 15) is 9.90 Å². The van der Waals surface area contributed by atoms with Gasteiger partial charge >= 0.3 is 0 Å². The predicted molar refractivity (Wildman–Crippen MR) is 88.6 cm³/mol. The number of aliphatic hydroxyl groups is 1. The summed E-state index contributed by atoms with van der Waals surface area (Å²) in [5.74, 6) is 0.0810. The molecule has 1 aliphatic rings. The molecule has 2 rings (SSSR count). The van der Waals surface area contributed by atoms with E-state index in [1.165, 1.54) is 0 Å². The van der Waals surface area contributed by atoms with Crippen LogP contribution >= 0.6 is 11.6 Å². The zero-order chi connectivity index (χ0) is 16.5. The molecule has 1 fully saturated rings. The van der Waals surface area contributed by atoms with Gasteiger partial charge in [0.05, 0.1) is 11.6 Å². The number of carbonyl (C=O) groups excluding carboxylic acids is 1. The lowest BCUT2D eigenvalue weighted by atomic mass is 9.81. The van der Waals surface area contributed by atoms with Crippen LogP contribution in [0.1, 0.15) is 39.2 Å². The molecule has 0 radical (unpaired) electrons. The Morgan fingerprint density at radius 1 is 1.41 bits per heavy atom. The number of nitrogens with zero attached hydrogens (tertiary/aromatic N) is 1. The SMILES string of the molecule is CC(C)C(N)C(=O)N1CCC(O)(c2ccc(Cl)cc2)CC1C. The number of likely N-dealkylation sites (tertiary alicyclic amines) is 1. The van der Waals surface area contributed by atoms with E-state index >= 15 is 0 Å². The monoisotopic (exact) mass is 324 g/mol. The lowest BCUT2D eigenvalue weighted by molar-refractivity contribution is -0.142. The number of amides is 1. The molecular formula is C17H25ClN2O2. The fourth-order valence-electron chi connectivity index (χ4n) is 3.05. The molecule has 1 heterocycles. The second-order valence-electron chi connectivity index (χ2n) is 6.64. The maximum absolute atomic E-state index is 12.4. The van der Waals surface area contributed by atoms with Crippen LogP contribution in [0.3, 0.4) is 0 Å². The summed E-state index contributed by atoms with van der Waals surface area (Å²) in [5.41, 5.74) is 5.92. The normalized spacial score (nSPS) is 27.0. The van der Waals surface area contributed by atoms with Crippen molar-refractivity contribution in [2.45, 2.75) is 51.3 Å². The van der Waals surface area contributed by atoms with Gasteiger partial charge in [-0.1, -0.05) is 37.6 Å². The molecule has 1 aliphatic heterocycles. The van der Waals surface area contributed by atoms with Crippen molar-refractivity contribution >= 4 is 17.5 Å². The summed E-state index contributed by atoms with van der Waals surface area (Å²) in [6.07, 6.45) is 1.01. The minimum atomic E-state index is -0.914. The largest absolute Gasteiger partial charge is 0.385 e. The summed E-state index contributed by atoms with van der Waals surface area (Å²) in [5, 5.41) is 11.6. The Hall–Kier alpha value is -1.10. The van der Waals surface area contributed by atoms with Crippen molar-refractivity contribution in [3.63, 3.8) is 0 Å². The van der Waals surface area contributed by atoms with Gasteiger partial charge in [0.1, 0.15) is 0 Å². The molecular weight excluding hydrogens is 300 g/mol. The van der Waals surface area contributed by atoms with E-state index in [2.05, 4.69) is 0 Å². The van der Waals surface area contributed by atoms with Crippen LogP contribution < -0.4 is 5.73 Å². The van der Waals surface area contributed by atoms with Gasteiger partial charge in [0.25, 0.3) is 0 Å². The van der Waals surface area contributed by atoms with E-state index in [1.54, 1.807) is 17.0 Å². The number of nitrogens with two attached hydrogens (primary N) is 1. The highest BCUT2D eigenvalue weighted by atomic mass is 35.5. The zero-order valence-corrected chi connectivity index (χ0v) is 14.2. The second kappa shape index (κ2) is 6.57. The first-order valence-electron chi connectivity index (χ1n) is 7.79. The summed E-state index contributed by atoms with van der Waals surface area (Å²) in [6, 6.07) is 6.74. The molecule has 0 bridgehead atoms. The van der Waals surface area contributed by atoms with Crippen molar-refractivity contribution in [3.8, 4) is 0 Å². The highest BCUT2D eigenvalue weighted by Crippen LogP contribution is 2.36. The van der Waals surface area contributed by atoms with Gasteiger partial charge in [-0.3, -0.25) is 4.79 Å². The minimum Gasteiger partial charge on any atom is -0.385 e. The molecule has 1 aromatic carbocycles. The summed E-state index contributed by atoms with van der Waals surface area (Å²) >= 11 is 5.91. The van der Waals surface area contributed by atoms with Crippen molar-refractivity contribution < 1.29 is 9.90 Å². The number of piperidine rings is 1. The molecule has 1 aromatic rings. The molecule has 5 heteroatoms. The molecule has 0 saturated carbocycles. The number of rotatable bonds is 3. The summed E-state index contributed by atoms with van der Waals surface area (Å²) in [7, 11) is 0. The first kappa shape index (κ1) is 17.3. The van der Waals surface area contributed by atoms with E-state index in [1.807, 2.05) is 32.9 Å². The van der Waals surface area contributed by atoms with Crippen molar-refractivity contribution in [2.24, 2.45) is 11.7 Å². The topological polar surface area (TPSA) is 66.6 Å². The molecule has 0 spiro atoms. The lowest BCUT2D eigenvalue weighted by Gasteiger charge is -2.44. The average molecular weight is 325 g/mol. The van der Waals surface area contributed by atoms with E-state index in [0.29, 0.717) is 24.4 Å². The molecule has 0 aromatic heterocycles.